The molecule has 1 amide bonds. The van der Waals surface area contributed by atoms with Gasteiger partial charge in [-0.2, -0.15) is 0 Å². The molecular formula is C37H42ClNO9. The number of unbranched alkanes of at least 4 members (excludes halogenated alkanes) is 4. The molecule has 1 N–H and O–H groups in total. The molecule has 0 atom stereocenters. The Kier molecular flexibility index (Phi) is 17.6. The highest BCUT2D eigenvalue weighted by atomic mass is 35.5. The van der Waals surface area contributed by atoms with Gasteiger partial charge < -0.3 is 29.0 Å². The average Bonchev–Trinajstić information content (AvgIpc) is 3.08. The maximum Gasteiger partial charge on any atom is 0.343 e. The van der Waals surface area contributed by atoms with Gasteiger partial charge in [-0.05, 0) is 99.2 Å². The Labute approximate surface area is 286 Å². The number of ether oxygens (including phenoxy) is 5. The number of benzene rings is 3. The van der Waals surface area contributed by atoms with Gasteiger partial charge in [-0.15, -0.1) is 0 Å². The molecule has 256 valence electrons. The van der Waals surface area contributed by atoms with Gasteiger partial charge in [-0.3, -0.25) is 4.79 Å². The normalized spacial score (nSPS) is 10.1. The van der Waals surface area contributed by atoms with Crippen LogP contribution >= 0.6 is 11.6 Å². The largest absolute Gasteiger partial charge is 0.494 e. The van der Waals surface area contributed by atoms with E-state index in [1.807, 2.05) is 0 Å². The second kappa shape index (κ2) is 21.7. The van der Waals surface area contributed by atoms with E-state index in [0.29, 0.717) is 54.7 Å². The molecule has 0 saturated heterocycles. The summed E-state index contributed by atoms with van der Waals surface area (Å²) in [5.74, 6) is -0.337. The highest BCUT2D eigenvalue weighted by molar-refractivity contribution is 6.34. The van der Waals surface area contributed by atoms with Gasteiger partial charge in [0.2, 0.25) is 0 Å². The fraction of sp³-hybridized carbons (Fsp3) is 0.297. The van der Waals surface area contributed by atoms with E-state index in [1.165, 1.54) is 12.1 Å². The molecule has 0 aliphatic carbocycles. The molecule has 0 spiro atoms. The SMILES string of the molecule is C.C=CC(=O)OCCCCCOc1ccc(C(=O)Nc2ccc(OC(=O)c3ccc(OCCCCCOC(=O)C=C)cc3)cc2Cl)cc1. The molecule has 0 heterocycles. The minimum atomic E-state index is -0.574. The first-order chi connectivity index (χ1) is 22.8. The lowest BCUT2D eigenvalue weighted by Crippen LogP contribution is -2.12. The molecule has 0 aliphatic heterocycles. The minimum Gasteiger partial charge on any atom is -0.494 e. The van der Waals surface area contributed by atoms with E-state index in [9.17, 15) is 19.2 Å². The van der Waals surface area contributed by atoms with Gasteiger partial charge in [0.15, 0.2) is 0 Å². The van der Waals surface area contributed by atoms with Gasteiger partial charge in [0.25, 0.3) is 5.91 Å². The number of hydrogen-bond acceptors (Lipinski definition) is 9. The van der Waals surface area contributed by atoms with Crippen LogP contribution in [0.5, 0.6) is 17.2 Å². The van der Waals surface area contributed by atoms with E-state index in [-0.39, 0.29) is 24.1 Å². The molecule has 3 aromatic carbocycles. The topological polar surface area (TPSA) is 126 Å². The summed E-state index contributed by atoms with van der Waals surface area (Å²) in [6.07, 6.45) is 7.00. The molecule has 10 nitrogen and oxygen atoms in total. The Bertz CT molecular complexity index is 1500. The monoisotopic (exact) mass is 679 g/mol. The number of esters is 3. The van der Waals surface area contributed by atoms with Crippen molar-refractivity contribution in [2.45, 2.75) is 46.0 Å². The van der Waals surface area contributed by atoms with Crippen LogP contribution < -0.4 is 19.5 Å². The smallest absolute Gasteiger partial charge is 0.343 e. The van der Waals surface area contributed by atoms with Crippen molar-refractivity contribution in [3.05, 3.63) is 108 Å². The number of carbonyl (C=O) groups is 4. The Balaban J connectivity index is 0.00000800. The van der Waals surface area contributed by atoms with E-state index in [1.54, 1.807) is 54.6 Å². The second-order valence-electron chi connectivity index (χ2n) is 10.1. The number of anilines is 1. The zero-order chi connectivity index (χ0) is 33.9. The van der Waals surface area contributed by atoms with Crippen molar-refractivity contribution >= 4 is 41.1 Å². The van der Waals surface area contributed by atoms with E-state index >= 15 is 0 Å². The lowest BCUT2D eigenvalue weighted by Gasteiger charge is -2.11. The molecule has 0 fully saturated rings. The van der Waals surface area contributed by atoms with Crippen molar-refractivity contribution in [3.63, 3.8) is 0 Å². The van der Waals surface area contributed by atoms with E-state index < -0.39 is 17.9 Å². The van der Waals surface area contributed by atoms with Gasteiger partial charge >= 0.3 is 17.9 Å². The van der Waals surface area contributed by atoms with Crippen LogP contribution in [0.2, 0.25) is 5.02 Å². The number of amides is 1. The van der Waals surface area contributed by atoms with Gasteiger partial charge in [-0.25, -0.2) is 14.4 Å². The summed E-state index contributed by atoms with van der Waals surface area (Å²) in [5.41, 5.74) is 1.09. The standard InChI is InChI=1S/C36H38ClNO9.CH4/c1-3-33(39)45-23-9-5-7-21-43-28-15-11-26(12-16-28)35(41)38-32-20-19-30(25-31(32)37)47-36(42)27-13-17-29(18-14-27)44-22-8-6-10-24-46-34(40)4-2;/h3-4,11-20,25H,1-2,5-10,21-24H2,(H,38,41);1H4. The number of nitrogens with one attached hydrogen (secondary N) is 1. The van der Waals surface area contributed by atoms with E-state index in [4.69, 9.17) is 35.3 Å². The van der Waals surface area contributed by atoms with Crippen molar-refractivity contribution in [2.75, 3.05) is 31.7 Å². The summed E-state index contributed by atoms with van der Waals surface area (Å²) in [6.45, 7) is 8.37. The summed E-state index contributed by atoms with van der Waals surface area (Å²) in [5, 5.41) is 2.95. The summed E-state index contributed by atoms with van der Waals surface area (Å²) < 4.78 is 26.7. The fourth-order valence-electron chi connectivity index (χ4n) is 4.02. The number of hydrogen-bond donors (Lipinski definition) is 1. The summed E-state index contributed by atoms with van der Waals surface area (Å²) in [4.78, 5) is 47.4. The zero-order valence-corrected chi connectivity index (χ0v) is 26.8. The van der Waals surface area contributed by atoms with Crippen LogP contribution in [-0.2, 0) is 19.1 Å². The molecule has 0 bridgehead atoms. The minimum absolute atomic E-state index is 0. The lowest BCUT2D eigenvalue weighted by molar-refractivity contribution is -0.138. The van der Waals surface area contributed by atoms with Crippen LogP contribution in [0.1, 0.15) is 66.7 Å². The molecular weight excluding hydrogens is 638 g/mol. The van der Waals surface area contributed by atoms with Crippen molar-refractivity contribution in [3.8, 4) is 17.2 Å². The van der Waals surface area contributed by atoms with E-state index in [2.05, 4.69) is 18.5 Å². The number of carbonyl (C=O) groups excluding carboxylic acids is 4. The Morgan fingerprint density at radius 1 is 0.625 bits per heavy atom. The van der Waals surface area contributed by atoms with Crippen LogP contribution in [0.4, 0.5) is 5.69 Å². The van der Waals surface area contributed by atoms with Crippen molar-refractivity contribution in [1.29, 1.82) is 0 Å². The van der Waals surface area contributed by atoms with Crippen molar-refractivity contribution < 1.29 is 42.9 Å². The summed E-state index contributed by atoms with van der Waals surface area (Å²) in [7, 11) is 0. The third-order valence-corrected chi connectivity index (χ3v) is 6.86. The Hall–Kier alpha value is -5.09. The fourth-order valence-corrected chi connectivity index (χ4v) is 4.23. The molecule has 0 radical (unpaired) electrons. The predicted octanol–water partition coefficient (Wildman–Crippen LogP) is 8.00. The van der Waals surface area contributed by atoms with Gasteiger partial charge in [0.05, 0.1) is 42.7 Å². The third-order valence-electron chi connectivity index (χ3n) is 6.54. The molecule has 11 heteroatoms. The molecule has 0 aliphatic rings. The predicted molar refractivity (Wildman–Crippen MR) is 185 cm³/mol. The molecule has 0 saturated carbocycles. The van der Waals surface area contributed by atoms with Crippen molar-refractivity contribution in [1.82, 2.24) is 0 Å². The van der Waals surface area contributed by atoms with Gasteiger partial charge in [-0.1, -0.05) is 32.2 Å². The summed E-state index contributed by atoms with van der Waals surface area (Å²) in [6, 6.07) is 17.8. The first kappa shape index (κ1) is 39.1. The Morgan fingerprint density at radius 2 is 1.08 bits per heavy atom. The molecule has 3 aromatic rings. The van der Waals surface area contributed by atoms with Crippen LogP contribution in [0.15, 0.2) is 92.0 Å². The number of halogens is 1. The summed E-state index contributed by atoms with van der Waals surface area (Å²) >= 11 is 6.37. The third kappa shape index (κ3) is 14.1. The second-order valence-corrected chi connectivity index (χ2v) is 10.5. The van der Waals surface area contributed by atoms with Crippen LogP contribution in [-0.4, -0.2) is 50.2 Å². The maximum atomic E-state index is 12.8. The quantitative estimate of drug-likeness (QED) is 0.0547. The van der Waals surface area contributed by atoms with Gasteiger partial charge in [0, 0.05) is 23.8 Å². The van der Waals surface area contributed by atoms with Gasteiger partial charge in [0.1, 0.15) is 17.2 Å². The highest BCUT2D eigenvalue weighted by Gasteiger charge is 2.13. The van der Waals surface area contributed by atoms with Crippen molar-refractivity contribution in [2.24, 2.45) is 0 Å². The van der Waals surface area contributed by atoms with Crippen LogP contribution in [0.25, 0.3) is 0 Å². The average molecular weight is 680 g/mol. The molecule has 0 aromatic heterocycles. The lowest BCUT2D eigenvalue weighted by atomic mass is 10.2. The first-order valence-electron chi connectivity index (χ1n) is 15.2. The molecule has 0 unspecified atom stereocenters. The van der Waals surface area contributed by atoms with Crippen LogP contribution in [0, 0.1) is 0 Å². The molecule has 48 heavy (non-hydrogen) atoms. The Morgan fingerprint density at radius 3 is 1.56 bits per heavy atom. The number of rotatable bonds is 20. The maximum absolute atomic E-state index is 12.8. The highest BCUT2D eigenvalue weighted by Crippen LogP contribution is 2.28. The zero-order valence-electron chi connectivity index (χ0n) is 26.0. The first-order valence-corrected chi connectivity index (χ1v) is 15.5. The van der Waals surface area contributed by atoms with Crippen LogP contribution in [0.3, 0.4) is 0 Å². The van der Waals surface area contributed by atoms with E-state index in [0.717, 1.165) is 50.7 Å². The molecule has 3 rings (SSSR count).